The zero-order valence-electron chi connectivity index (χ0n) is 10.9. The smallest absolute Gasteiger partial charge is 0.226 e. The third-order valence-electron chi connectivity index (χ3n) is 3.88. The number of nitrogens with one attached hydrogen (secondary N) is 2. The molecule has 1 aromatic rings. The van der Waals surface area contributed by atoms with Gasteiger partial charge < -0.3 is 10.6 Å². The SMILES string of the molecule is CCC1(C(=O)NCc2ccccn2)CCNCC1. The zero-order valence-corrected chi connectivity index (χ0v) is 10.9. The van der Waals surface area contributed by atoms with Gasteiger partial charge in [-0.05, 0) is 44.5 Å². The molecule has 1 fully saturated rings. The molecule has 1 amide bonds. The van der Waals surface area contributed by atoms with Gasteiger partial charge >= 0.3 is 0 Å². The molecule has 1 saturated heterocycles. The van der Waals surface area contributed by atoms with Gasteiger partial charge in [-0.25, -0.2) is 0 Å². The van der Waals surface area contributed by atoms with E-state index in [0.29, 0.717) is 6.54 Å². The molecule has 0 unspecified atom stereocenters. The predicted octanol–water partition coefficient (Wildman–Crippen LogP) is 1.48. The van der Waals surface area contributed by atoms with Crippen LogP contribution in [0.1, 0.15) is 31.9 Å². The number of amides is 1. The maximum Gasteiger partial charge on any atom is 0.226 e. The summed E-state index contributed by atoms with van der Waals surface area (Å²) in [5.41, 5.74) is 0.728. The first-order chi connectivity index (χ1) is 8.77. The van der Waals surface area contributed by atoms with Gasteiger partial charge in [-0.3, -0.25) is 9.78 Å². The second-order valence-corrected chi connectivity index (χ2v) is 4.89. The van der Waals surface area contributed by atoms with Gasteiger partial charge in [-0.15, -0.1) is 0 Å². The van der Waals surface area contributed by atoms with E-state index in [1.54, 1.807) is 6.20 Å². The highest BCUT2D eigenvalue weighted by atomic mass is 16.2. The van der Waals surface area contributed by atoms with Crippen LogP contribution in [-0.2, 0) is 11.3 Å². The first-order valence-corrected chi connectivity index (χ1v) is 6.66. The number of carbonyl (C=O) groups excluding carboxylic acids is 1. The molecule has 0 spiro atoms. The Morgan fingerprint density at radius 2 is 2.22 bits per heavy atom. The molecule has 0 bridgehead atoms. The zero-order chi connectivity index (χ0) is 12.8. The molecule has 98 valence electrons. The Morgan fingerprint density at radius 1 is 1.44 bits per heavy atom. The Bertz CT molecular complexity index is 385. The van der Waals surface area contributed by atoms with Crippen molar-refractivity contribution in [3.8, 4) is 0 Å². The summed E-state index contributed by atoms with van der Waals surface area (Å²) in [6.07, 6.45) is 4.51. The number of carbonyl (C=O) groups is 1. The molecule has 2 heterocycles. The van der Waals surface area contributed by atoms with Gasteiger partial charge in [0, 0.05) is 6.20 Å². The van der Waals surface area contributed by atoms with E-state index >= 15 is 0 Å². The van der Waals surface area contributed by atoms with E-state index in [4.69, 9.17) is 0 Å². The summed E-state index contributed by atoms with van der Waals surface area (Å²) in [6, 6.07) is 5.75. The van der Waals surface area contributed by atoms with Crippen LogP contribution in [-0.4, -0.2) is 24.0 Å². The van der Waals surface area contributed by atoms with Gasteiger partial charge in [0.05, 0.1) is 17.7 Å². The molecule has 18 heavy (non-hydrogen) atoms. The van der Waals surface area contributed by atoms with Crippen molar-refractivity contribution in [3.05, 3.63) is 30.1 Å². The van der Waals surface area contributed by atoms with E-state index in [-0.39, 0.29) is 11.3 Å². The van der Waals surface area contributed by atoms with Gasteiger partial charge in [0.2, 0.25) is 5.91 Å². The average molecular weight is 247 g/mol. The molecular formula is C14H21N3O. The highest BCUT2D eigenvalue weighted by Gasteiger charge is 2.37. The van der Waals surface area contributed by atoms with Crippen molar-refractivity contribution in [2.45, 2.75) is 32.7 Å². The fourth-order valence-corrected chi connectivity index (χ4v) is 2.51. The molecule has 0 radical (unpaired) electrons. The summed E-state index contributed by atoms with van der Waals surface area (Å²) in [5, 5.41) is 6.34. The van der Waals surface area contributed by atoms with Crippen LogP contribution >= 0.6 is 0 Å². The van der Waals surface area contributed by atoms with Crippen molar-refractivity contribution in [1.82, 2.24) is 15.6 Å². The van der Waals surface area contributed by atoms with Gasteiger partial charge in [-0.1, -0.05) is 13.0 Å². The summed E-state index contributed by atoms with van der Waals surface area (Å²) in [7, 11) is 0. The fourth-order valence-electron chi connectivity index (χ4n) is 2.51. The van der Waals surface area contributed by atoms with Crippen LogP contribution in [0.25, 0.3) is 0 Å². The molecule has 1 aliphatic rings. The summed E-state index contributed by atoms with van der Waals surface area (Å²) < 4.78 is 0. The molecule has 0 atom stereocenters. The summed E-state index contributed by atoms with van der Waals surface area (Å²) in [4.78, 5) is 16.6. The summed E-state index contributed by atoms with van der Waals surface area (Å²) in [6.45, 7) is 4.50. The molecule has 0 aromatic carbocycles. The molecule has 1 aliphatic heterocycles. The Hall–Kier alpha value is -1.42. The van der Waals surface area contributed by atoms with Gasteiger partial charge in [0.25, 0.3) is 0 Å². The van der Waals surface area contributed by atoms with E-state index < -0.39 is 0 Å². The van der Waals surface area contributed by atoms with Crippen LogP contribution in [0.4, 0.5) is 0 Å². The van der Waals surface area contributed by atoms with E-state index in [2.05, 4.69) is 22.5 Å². The lowest BCUT2D eigenvalue weighted by Crippen LogP contribution is -2.47. The fraction of sp³-hybridized carbons (Fsp3) is 0.571. The van der Waals surface area contributed by atoms with Crippen molar-refractivity contribution >= 4 is 5.91 Å². The highest BCUT2D eigenvalue weighted by Crippen LogP contribution is 2.32. The van der Waals surface area contributed by atoms with Gasteiger partial charge in [0.15, 0.2) is 0 Å². The maximum atomic E-state index is 12.4. The number of hydrogen-bond acceptors (Lipinski definition) is 3. The molecule has 2 N–H and O–H groups in total. The molecule has 2 rings (SSSR count). The van der Waals surface area contributed by atoms with Crippen LogP contribution < -0.4 is 10.6 Å². The number of nitrogens with zero attached hydrogens (tertiary/aromatic N) is 1. The monoisotopic (exact) mass is 247 g/mol. The number of rotatable bonds is 4. The lowest BCUT2D eigenvalue weighted by Gasteiger charge is -2.35. The van der Waals surface area contributed by atoms with E-state index in [1.165, 1.54) is 0 Å². The van der Waals surface area contributed by atoms with Crippen LogP contribution in [0.2, 0.25) is 0 Å². The standard InChI is InChI=1S/C14H21N3O/c1-2-14(6-9-15-10-7-14)13(18)17-11-12-5-3-4-8-16-12/h3-5,8,15H,2,6-7,9-11H2,1H3,(H,17,18). The normalized spacial score (nSPS) is 18.3. The van der Waals surface area contributed by atoms with Crippen LogP contribution in [0, 0.1) is 5.41 Å². The molecule has 4 nitrogen and oxygen atoms in total. The number of piperidine rings is 1. The van der Waals surface area contributed by atoms with Crippen LogP contribution in [0.3, 0.4) is 0 Å². The van der Waals surface area contributed by atoms with Crippen molar-refractivity contribution in [3.63, 3.8) is 0 Å². The number of aromatic nitrogens is 1. The lowest BCUT2D eigenvalue weighted by atomic mass is 9.76. The Balaban J connectivity index is 1.94. The second-order valence-electron chi connectivity index (χ2n) is 4.89. The lowest BCUT2D eigenvalue weighted by molar-refractivity contribution is -0.133. The third-order valence-corrected chi connectivity index (χ3v) is 3.88. The predicted molar refractivity (Wildman–Crippen MR) is 70.9 cm³/mol. The molecule has 1 aromatic heterocycles. The summed E-state index contributed by atoms with van der Waals surface area (Å²) in [5.74, 6) is 0.178. The minimum atomic E-state index is -0.181. The topological polar surface area (TPSA) is 54.0 Å². The van der Waals surface area contributed by atoms with E-state index in [0.717, 1.165) is 38.0 Å². The maximum absolute atomic E-state index is 12.4. The quantitative estimate of drug-likeness (QED) is 0.847. The van der Waals surface area contributed by atoms with Crippen molar-refractivity contribution in [2.24, 2.45) is 5.41 Å². The number of hydrogen-bond donors (Lipinski definition) is 2. The first-order valence-electron chi connectivity index (χ1n) is 6.66. The van der Waals surface area contributed by atoms with Gasteiger partial charge in [-0.2, -0.15) is 0 Å². The highest BCUT2D eigenvalue weighted by molar-refractivity contribution is 5.82. The Kier molecular flexibility index (Phi) is 4.31. The summed E-state index contributed by atoms with van der Waals surface area (Å²) >= 11 is 0. The minimum Gasteiger partial charge on any atom is -0.350 e. The Labute approximate surface area is 108 Å². The van der Waals surface area contributed by atoms with E-state index in [1.807, 2.05) is 18.2 Å². The molecule has 0 aliphatic carbocycles. The van der Waals surface area contributed by atoms with Gasteiger partial charge in [0.1, 0.15) is 0 Å². The first kappa shape index (κ1) is 13.0. The minimum absolute atomic E-state index is 0.178. The largest absolute Gasteiger partial charge is 0.350 e. The average Bonchev–Trinajstić information content (AvgIpc) is 2.46. The van der Waals surface area contributed by atoms with Crippen molar-refractivity contribution in [2.75, 3.05) is 13.1 Å². The molecule has 4 heteroatoms. The Morgan fingerprint density at radius 3 is 2.83 bits per heavy atom. The molecular weight excluding hydrogens is 226 g/mol. The number of pyridine rings is 1. The van der Waals surface area contributed by atoms with Crippen LogP contribution in [0.15, 0.2) is 24.4 Å². The van der Waals surface area contributed by atoms with Crippen molar-refractivity contribution < 1.29 is 4.79 Å². The third kappa shape index (κ3) is 2.88. The van der Waals surface area contributed by atoms with Crippen molar-refractivity contribution in [1.29, 1.82) is 0 Å². The van der Waals surface area contributed by atoms with E-state index in [9.17, 15) is 4.79 Å². The second kappa shape index (κ2) is 5.96. The van der Waals surface area contributed by atoms with Crippen LogP contribution in [0.5, 0.6) is 0 Å². The molecule has 0 saturated carbocycles.